The van der Waals surface area contributed by atoms with Gasteiger partial charge in [0.1, 0.15) is 35.5 Å². The molecule has 2 heterocycles. The van der Waals surface area contributed by atoms with Crippen LogP contribution in [-0.2, 0) is 63.6 Å². The molecular weight excluding hydrogens is 1040 g/mol. The first kappa shape index (κ1) is 68.3. The minimum atomic E-state index is -1.14. The third-order valence-electron chi connectivity index (χ3n) is 15.1. The zero-order chi connectivity index (χ0) is 60.3. The highest BCUT2D eigenvalue weighted by Gasteiger charge is 2.72. The number of benzene rings is 1. The smallest absolute Gasteiger partial charge is 0.407 e. The Morgan fingerprint density at radius 3 is 1.98 bits per heavy atom. The minimum absolute atomic E-state index is 0.0420. The monoisotopic (exact) mass is 1140 g/mol. The number of carbonyl (C=O) groups is 7. The normalized spacial score (nSPS) is 23.6. The van der Waals surface area contributed by atoms with Gasteiger partial charge in [-0.25, -0.2) is 4.79 Å². The molecule has 1 spiro atoms. The van der Waals surface area contributed by atoms with E-state index >= 15 is 0 Å². The number of methoxy groups -OCH3 is 1. The molecule has 7 amide bonds. The average molecular weight is 1140 g/mol. The number of alkyl carbamates (subject to hydrolysis) is 1. The molecule has 4 rings (SSSR count). The molecule has 11 atom stereocenters. The van der Waals surface area contributed by atoms with Crippen molar-refractivity contribution in [3.8, 4) is 0 Å². The van der Waals surface area contributed by atoms with Crippen LogP contribution in [0.15, 0.2) is 42.0 Å². The molecule has 0 aromatic heterocycles. The second-order valence-corrected chi connectivity index (χ2v) is 25.7. The van der Waals surface area contributed by atoms with Gasteiger partial charge < -0.3 is 70.7 Å². The molecule has 8 N–H and O–H groups in total. The van der Waals surface area contributed by atoms with Gasteiger partial charge in [-0.2, -0.15) is 0 Å². The van der Waals surface area contributed by atoms with Crippen LogP contribution in [-0.4, -0.2) is 167 Å². The van der Waals surface area contributed by atoms with Crippen LogP contribution in [0.1, 0.15) is 134 Å². The van der Waals surface area contributed by atoms with Gasteiger partial charge >= 0.3 is 6.09 Å². The summed E-state index contributed by atoms with van der Waals surface area (Å²) in [6.07, 6.45) is 3.17. The van der Waals surface area contributed by atoms with Gasteiger partial charge in [0.05, 0.1) is 64.2 Å². The van der Waals surface area contributed by atoms with Crippen LogP contribution in [0.5, 0.6) is 0 Å². The summed E-state index contributed by atoms with van der Waals surface area (Å²) in [7, 11) is 1.63. The minimum Gasteiger partial charge on any atom is -0.443 e. The van der Waals surface area contributed by atoms with Crippen molar-refractivity contribution >= 4 is 41.5 Å². The molecule has 3 fully saturated rings. The van der Waals surface area contributed by atoms with Crippen LogP contribution in [0.2, 0.25) is 0 Å². The first-order valence-electron chi connectivity index (χ1n) is 28.9. The second kappa shape index (κ2) is 30.9. The molecule has 1 saturated carbocycles. The Hall–Kier alpha value is -5.19. The number of allylic oxidation sites excluding steroid dienone is 1. The molecule has 3 aliphatic rings. The third kappa shape index (κ3) is 22.5. The molecular formula is C60H99N7O14. The van der Waals surface area contributed by atoms with E-state index in [0.29, 0.717) is 19.4 Å². The molecule has 7 unspecified atom stereocenters. The third-order valence-corrected chi connectivity index (χ3v) is 15.1. The Morgan fingerprint density at radius 2 is 1.41 bits per heavy atom. The number of carbonyl (C=O) groups excluding carboxylic acids is 7. The maximum absolute atomic E-state index is 14.0. The number of nitrogens with one attached hydrogen (secondary N) is 7. The standard InChI is InChI=1S/C60H99N7O14/c1-38(2)20-21-46-59(13,81-46)50-49(76-14)45(22-23-60(50)37-79-60)80-55(75)62-25-27-78-29-28-77-26-24-61-47(69)34-64-52(72)43(30-39(3)4)67-53(73)44(31-41-18-16-15-17-19-41)66-48(70)35-63-51(71)42(57(9,10)11)32-58(12,36-56(6,7)8)54(74)65-33-40(5)68/h15-20,39-40,42-46,49-50,68H,21-37H2,1-14H3,(H,61,69)(H,62,75)(H,63,71)(H,64,72)(H,65,74)(H,66,70)(H,67,73)/t40?,42?,43-,44-,45?,46+,49?,50?,58?,59?,60-/m0/s1. The zero-order valence-corrected chi connectivity index (χ0v) is 50.9. The topological polar surface area (TPSA) is 286 Å². The van der Waals surface area contributed by atoms with Crippen molar-refractivity contribution in [1.29, 1.82) is 0 Å². The summed E-state index contributed by atoms with van der Waals surface area (Å²) in [4.78, 5) is 94.5. The number of hydrogen-bond donors (Lipinski definition) is 8. The number of hydrogen-bond acceptors (Lipinski definition) is 14. The maximum Gasteiger partial charge on any atom is 0.407 e. The number of aliphatic hydroxyl groups is 1. The summed E-state index contributed by atoms with van der Waals surface area (Å²) in [5.41, 5.74) is -0.672. The fraction of sp³-hybridized carbons (Fsp3) is 0.750. The molecule has 1 aliphatic carbocycles. The van der Waals surface area contributed by atoms with Crippen molar-refractivity contribution in [2.75, 3.05) is 72.9 Å². The van der Waals surface area contributed by atoms with E-state index < -0.39 is 88.8 Å². The fourth-order valence-electron chi connectivity index (χ4n) is 11.1. The molecule has 0 bridgehead atoms. The Morgan fingerprint density at radius 1 is 0.790 bits per heavy atom. The van der Waals surface area contributed by atoms with Crippen LogP contribution in [0.4, 0.5) is 4.79 Å². The number of ether oxygens (including phenoxy) is 6. The highest BCUT2D eigenvalue weighted by Crippen LogP contribution is 2.59. The molecule has 21 nitrogen and oxygen atoms in total. The van der Waals surface area contributed by atoms with Gasteiger partial charge in [-0.15, -0.1) is 0 Å². The summed E-state index contributed by atoms with van der Waals surface area (Å²) in [6.45, 7) is 26.3. The zero-order valence-electron chi connectivity index (χ0n) is 50.9. The van der Waals surface area contributed by atoms with Crippen molar-refractivity contribution in [3.05, 3.63) is 47.5 Å². The molecule has 81 heavy (non-hydrogen) atoms. The van der Waals surface area contributed by atoms with Gasteiger partial charge in [0.25, 0.3) is 0 Å². The van der Waals surface area contributed by atoms with Gasteiger partial charge in [0.15, 0.2) is 0 Å². The highest BCUT2D eigenvalue weighted by molar-refractivity contribution is 5.94. The van der Waals surface area contributed by atoms with E-state index in [2.05, 4.69) is 64.1 Å². The molecule has 458 valence electrons. The number of amides is 7. The van der Waals surface area contributed by atoms with E-state index in [1.54, 1.807) is 38.3 Å². The van der Waals surface area contributed by atoms with Crippen molar-refractivity contribution in [3.63, 3.8) is 0 Å². The number of rotatable bonds is 33. The predicted molar refractivity (Wildman–Crippen MR) is 306 cm³/mol. The van der Waals surface area contributed by atoms with Gasteiger partial charge in [-0.1, -0.05) is 104 Å². The Balaban J connectivity index is 1.19. The van der Waals surface area contributed by atoms with Crippen molar-refractivity contribution in [1.82, 2.24) is 37.2 Å². The van der Waals surface area contributed by atoms with E-state index in [1.807, 2.05) is 68.4 Å². The van der Waals surface area contributed by atoms with E-state index in [9.17, 15) is 38.7 Å². The average Bonchev–Trinajstić information content (AvgIpc) is 2.75. The van der Waals surface area contributed by atoms with E-state index in [1.165, 1.54) is 5.57 Å². The van der Waals surface area contributed by atoms with Crippen LogP contribution >= 0.6 is 0 Å². The maximum atomic E-state index is 14.0. The van der Waals surface area contributed by atoms with Gasteiger partial charge in [-0.05, 0) is 88.5 Å². The van der Waals surface area contributed by atoms with Gasteiger partial charge in [0.2, 0.25) is 35.4 Å². The summed E-state index contributed by atoms with van der Waals surface area (Å²) >= 11 is 0. The summed E-state index contributed by atoms with van der Waals surface area (Å²) in [5.74, 6) is -3.86. The summed E-state index contributed by atoms with van der Waals surface area (Å²) in [6, 6.07) is 6.85. The Kier molecular flexibility index (Phi) is 26.1. The Bertz CT molecular complexity index is 2260. The van der Waals surface area contributed by atoms with Crippen LogP contribution in [0, 0.1) is 34.0 Å². The van der Waals surface area contributed by atoms with Crippen molar-refractivity contribution in [2.24, 2.45) is 34.0 Å². The van der Waals surface area contributed by atoms with Gasteiger partial charge in [-0.3, -0.25) is 28.8 Å². The Labute approximate surface area is 481 Å². The highest BCUT2D eigenvalue weighted by atomic mass is 16.6. The number of epoxide rings is 2. The van der Waals surface area contributed by atoms with E-state index in [0.717, 1.165) is 18.4 Å². The first-order chi connectivity index (χ1) is 37.9. The predicted octanol–water partition coefficient (Wildman–Crippen LogP) is 4.42. The lowest BCUT2D eigenvalue weighted by Gasteiger charge is -2.42. The molecule has 0 radical (unpaired) electrons. The largest absolute Gasteiger partial charge is 0.443 e. The lowest BCUT2D eigenvalue weighted by molar-refractivity contribution is -0.138. The molecule has 1 aromatic carbocycles. The lowest BCUT2D eigenvalue weighted by Crippen LogP contribution is -2.56. The molecule has 2 aliphatic heterocycles. The molecule has 1 aromatic rings. The number of aliphatic hydroxyl groups excluding tert-OH is 1. The molecule has 2 saturated heterocycles. The summed E-state index contributed by atoms with van der Waals surface area (Å²) < 4.78 is 35.3. The SMILES string of the molecule is COC1C(OC(=O)NCCOCCOCCNC(=O)CNC(=O)[C@H](CC(C)C)NC(=O)[C@H](Cc2ccccc2)NC(=O)CNC(=O)C(CC(C)(CC(C)(C)C)C(=O)NCC(C)O)C(C)(C)C)CC[C@]2(CO2)C1C1(C)O[C@@H]1CC=C(C)C. The first-order valence-corrected chi connectivity index (χ1v) is 28.9. The van der Waals surface area contributed by atoms with E-state index in [-0.39, 0.29) is 113 Å². The van der Waals surface area contributed by atoms with Crippen molar-refractivity contribution < 1.29 is 67.1 Å². The second-order valence-electron chi connectivity index (χ2n) is 25.7. The van der Waals surface area contributed by atoms with Crippen LogP contribution < -0.4 is 37.2 Å². The molecule has 21 heteroatoms. The van der Waals surface area contributed by atoms with Crippen LogP contribution in [0.25, 0.3) is 0 Å². The van der Waals surface area contributed by atoms with Gasteiger partial charge in [0, 0.05) is 44.5 Å². The van der Waals surface area contributed by atoms with Crippen molar-refractivity contribution in [2.45, 2.75) is 183 Å². The van der Waals surface area contributed by atoms with Crippen LogP contribution in [0.3, 0.4) is 0 Å². The quantitative estimate of drug-likeness (QED) is 0.0275. The van der Waals surface area contributed by atoms with E-state index in [4.69, 9.17) is 28.4 Å². The lowest BCUT2D eigenvalue weighted by atomic mass is 9.65. The summed E-state index contributed by atoms with van der Waals surface area (Å²) in [5, 5.41) is 29.1. The fourth-order valence-corrected chi connectivity index (χ4v) is 11.1.